The van der Waals surface area contributed by atoms with E-state index in [1.807, 2.05) is 49.8 Å². The molecule has 0 spiro atoms. The van der Waals surface area contributed by atoms with E-state index in [-0.39, 0.29) is 11.8 Å². The first-order chi connectivity index (χ1) is 10.1. The number of carbonyl (C=O) groups excluding carboxylic acids is 1. The van der Waals surface area contributed by atoms with Crippen LogP contribution >= 0.6 is 0 Å². The van der Waals surface area contributed by atoms with Gasteiger partial charge in [-0.2, -0.15) is 5.10 Å². The number of nitrogens with one attached hydrogen (secondary N) is 1. The highest BCUT2D eigenvalue weighted by atomic mass is 16.1. The highest BCUT2D eigenvalue weighted by Gasteiger charge is 2.15. The van der Waals surface area contributed by atoms with Crippen molar-refractivity contribution < 1.29 is 4.79 Å². The number of amides is 1. The van der Waals surface area contributed by atoms with E-state index in [0.29, 0.717) is 6.54 Å². The van der Waals surface area contributed by atoms with Crippen molar-refractivity contribution in [1.29, 1.82) is 0 Å². The molecule has 1 heterocycles. The molecule has 0 aliphatic heterocycles. The number of aryl methyl sites for hydroxylation is 1. The Morgan fingerprint density at radius 1 is 1.33 bits per heavy atom. The summed E-state index contributed by atoms with van der Waals surface area (Å²) in [6.07, 6.45) is 2.96. The molecule has 0 fully saturated rings. The zero-order valence-corrected chi connectivity index (χ0v) is 13.0. The van der Waals surface area contributed by atoms with Crippen LogP contribution in [0.1, 0.15) is 25.8 Å². The van der Waals surface area contributed by atoms with Crippen LogP contribution in [0.25, 0.3) is 11.3 Å². The van der Waals surface area contributed by atoms with Gasteiger partial charge in [-0.05, 0) is 18.9 Å². The number of hydrogen-bond donors (Lipinski definition) is 1. The molecule has 2 aromatic rings. The van der Waals surface area contributed by atoms with Crippen LogP contribution < -0.4 is 5.32 Å². The molecule has 1 aromatic heterocycles. The summed E-state index contributed by atoms with van der Waals surface area (Å²) < 4.78 is 1.87. The predicted molar refractivity (Wildman–Crippen MR) is 84.9 cm³/mol. The van der Waals surface area contributed by atoms with Crippen molar-refractivity contribution in [3.8, 4) is 11.3 Å². The maximum Gasteiger partial charge on any atom is 0.224 e. The fourth-order valence-electron chi connectivity index (χ4n) is 2.28. The lowest BCUT2D eigenvalue weighted by molar-refractivity contribution is -0.124. The largest absolute Gasteiger partial charge is 0.356 e. The third-order valence-electron chi connectivity index (χ3n) is 3.45. The molecule has 0 saturated carbocycles. The second kappa shape index (κ2) is 7.07. The van der Waals surface area contributed by atoms with E-state index in [1.54, 1.807) is 0 Å². The molecule has 0 aliphatic rings. The SMILES string of the molecule is CCCNC(=O)C(C)Cn1cc(C)c(-c2ccccc2)n1. The molecule has 2 rings (SSSR count). The number of nitrogens with zero attached hydrogens (tertiary/aromatic N) is 2. The van der Waals surface area contributed by atoms with Gasteiger partial charge >= 0.3 is 0 Å². The molecular weight excluding hydrogens is 262 g/mol. The van der Waals surface area contributed by atoms with Crippen LogP contribution in [0.4, 0.5) is 0 Å². The van der Waals surface area contributed by atoms with E-state index in [1.165, 1.54) is 0 Å². The van der Waals surface area contributed by atoms with E-state index in [0.717, 1.165) is 29.8 Å². The second-order valence-electron chi connectivity index (χ2n) is 5.44. The number of carbonyl (C=O) groups is 1. The summed E-state index contributed by atoms with van der Waals surface area (Å²) in [6, 6.07) is 10.1. The van der Waals surface area contributed by atoms with E-state index in [4.69, 9.17) is 0 Å². The van der Waals surface area contributed by atoms with Crippen LogP contribution in [0.15, 0.2) is 36.5 Å². The zero-order valence-electron chi connectivity index (χ0n) is 13.0. The molecule has 0 saturated heterocycles. The first-order valence-corrected chi connectivity index (χ1v) is 7.49. The second-order valence-corrected chi connectivity index (χ2v) is 5.44. The number of hydrogen-bond acceptors (Lipinski definition) is 2. The molecule has 21 heavy (non-hydrogen) atoms. The molecule has 4 heteroatoms. The van der Waals surface area contributed by atoms with Crippen LogP contribution in [0.5, 0.6) is 0 Å². The van der Waals surface area contributed by atoms with Crippen LogP contribution in [0.3, 0.4) is 0 Å². The monoisotopic (exact) mass is 285 g/mol. The topological polar surface area (TPSA) is 46.9 Å². The highest BCUT2D eigenvalue weighted by molar-refractivity contribution is 5.78. The maximum atomic E-state index is 11.9. The average molecular weight is 285 g/mol. The molecule has 0 bridgehead atoms. The zero-order chi connectivity index (χ0) is 15.2. The molecule has 1 N–H and O–H groups in total. The van der Waals surface area contributed by atoms with Crippen molar-refractivity contribution in [1.82, 2.24) is 15.1 Å². The van der Waals surface area contributed by atoms with Gasteiger partial charge in [-0.15, -0.1) is 0 Å². The Labute approximate surface area is 126 Å². The Bertz CT molecular complexity index is 589. The molecule has 112 valence electrons. The smallest absolute Gasteiger partial charge is 0.224 e. The van der Waals surface area contributed by atoms with Gasteiger partial charge in [0, 0.05) is 18.3 Å². The van der Waals surface area contributed by atoms with E-state index in [9.17, 15) is 4.79 Å². The fraction of sp³-hybridized carbons (Fsp3) is 0.412. The summed E-state index contributed by atoms with van der Waals surface area (Å²) >= 11 is 0. The summed E-state index contributed by atoms with van der Waals surface area (Å²) in [5.74, 6) is 0.00531. The maximum absolute atomic E-state index is 11.9. The molecule has 1 amide bonds. The molecular formula is C17H23N3O. The summed E-state index contributed by atoms with van der Waals surface area (Å²) in [5.41, 5.74) is 3.22. The van der Waals surface area contributed by atoms with Gasteiger partial charge < -0.3 is 5.32 Å². The van der Waals surface area contributed by atoms with Crippen LogP contribution in [-0.2, 0) is 11.3 Å². The van der Waals surface area contributed by atoms with Gasteiger partial charge in [-0.3, -0.25) is 9.48 Å². The Kier molecular flexibility index (Phi) is 5.14. The fourth-order valence-corrected chi connectivity index (χ4v) is 2.28. The number of rotatable bonds is 6. The minimum absolute atomic E-state index is 0.0838. The van der Waals surface area contributed by atoms with Gasteiger partial charge in [0.1, 0.15) is 0 Å². The van der Waals surface area contributed by atoms with Crippen molar-refractivity contribution in [3.05, 3.63) is 42.1 Å². The Hall–Kier alpha value is -2.10. The van der Waals surface area contributed by atoms with Crippen LogP contribution in [0.2, 0.25) is 0 Å². The van der Waals surface area contributed by atoms with E-state index in [2.05, 4.69) is 22.5 Å². The van der Waals surface area contributed by atoms with Crippen molar-refractivity contribution in [2.75, 3.05) is 6.54 Å². The normalized spacial score (nSPS) is 12.1. The molecule has 1 unspecified atom stereocenters. The van der Waals surface area contributed by atoms with E-state index >= 15 is 0 Å². The quantitative estimate of drug-likeness (QED) is 0.887. The van der Waals surface area contributed by atoms with Crippen molar-refractivity contribution in [3.63, 3.8) is 0 Å². The van der Waals surface area contributed by atoms with Gasteiger partial charge in [0.15, 0.2) is 0 Å². The Morgan fingerprint density at radius 2 is 2.05 bits per heavy atom. The first-order valence-electron chi connectivity index (χ1n) is 7.49. The standard InChI is InChI=1S/C17H23N3O/c1-4-10-18-17(21)14(3)12-20-11-13(2)16(19-20)15-8-6-5-7-9-15/h5-9,11,14H,4,10,12H2,1-3H3,(H,18,21). The van der Waals surface area contributed by atoms with Gasteiger partial charge in [0.2, 0.25) is 5.91 Å². The Balaban J connectivity index is 2.07. The summed E-state index contributed by atoms with van der Waals surface area (Å²) in [4.78, 5) is 11.9. The average Bonchev–Trinajstić information content (AvgIpc) is 2.86. The van der Waals surface area contributed by atoms with Gasteiger partial charge in [-0.1, -0.05) is 44.2 Å². The summed E-state index contributed by atoms with van der Waals surface area (Å²) in [7, 11) is 0. The molecule has 4 nitrogen and oxygen atoms in total. The minimum atomic E-state index is -0.0838. The van der Waals surface area contributed by atoms with Crippen LogP contribution in [0, 0.1) is 12.8 Å². The number of aromatic nitrogens is 2. The molecule has 1 atom stereocenters. The third kappa shape index (κ3) is 3.94. The van der Waals surface area contributed by atoms with Crippen LogP contribution in [-0.4, -0.2) is 22.2 Å². The van der Waals surface area contributed by atoms with Gasteiger partial charge in [-0.25, -0.2) is 0 Å². The highest BCUT2D eigenvalue weighted by Crippen LogP contribution is 2.21. The molecule has 0 radical (unpaired) electrons. The van der Waals surface area contributed by atoms with Gasteiger partial charge in [0.05, 0.1) is 18.2 Å². The summed E-state index contributed by atoms with van der Waals surface area (Å²) in [6.45, 7) is 7.37. The third-order valence-corrected chi connectivity index (χ3v) is 3.45. The van der Waals surface area contributed by atoms with Crippen molar-refractivity contribution >= 4 is 5.91 Å². The lowest BCUT2D eigenvalue weighted by Gasteiger charge is -2.11. The summed E-state index contributed by atoms with van der Waals surface area (Å²) in [5, 5.41) is 7.54. The number of benzene rings is 1. The predicted octanol–water partition coefficient (Wildman–Crippen LogP) is 3.02. The minimum Gasteiger partial charge on any atom is -0.356 e. The Morgan fingerprint density at radius 3 is 2.71 bits per heavy atom. The van der Waals surface area contributed by atoms with E-state index < -0.39 is 0 Å². The van der Waals surface area contributed by atoms with Crippen molar-refractivity contribution in [2.45, 2.75) is 33.7 Å². The lowest BCUT2D eigenvalue weighted by Crippen LogP contribution is -2.32. The van der Waals surface area contributed by atoms with Crippen molar-refractivity contribution in [2.24, 2.45) is 5.92 Å². The molecule has 0 aliphatic carbocycles. The molecule has 1 aromatic carbocycles. The first kappa shape index (κ1) is 15.3. The lowest BCUT2D eigenvalue weighted by atomic mass is 10.1. The van der Waals surface area contributed by atoms with Gasteiger partial charge in [0.25, 0.3) is 0 Å².